The second kappa shape index (κ2) is 10.5. The summed E-state index contributed by atoms with van der Waals surface area (Å²) in [7, 11) is -1.03. The largest absolute Gasteiger partial charge is 0.497 e. The van der Waals surface area contributed by atoms with Crippen molar-refractivity contribution in [2.24, 2.45) is 0 Å². The molecule has 0 heterocycles. The van der Waals surface area contributed by atoms with E-state index in [0.29, 0.717) is 22.2 Å². The smallest absolute Gasteiger partial charge is 0.243 e. The SMILES string of the molecule is COc1ccc(S(=O)(=O)NC(Cc2ccccc2)C(=O)Nc2cc(Cl)ccc2OC)cc1. The van der Waals surface area contributed by atoms with E-state index in [1.54, 1.807) is 12.1 Å². The van der Waals surface area contributed by atoms with Gasteiger partial charge < -0.3 is 14.8 Å². The Bertz CT molecular complexity index is 1170. The second-order valence-corrected chi connectivity index (χ2v) is 9.02. The van der Waals surface area contributed by atoms with Crippen LogP contribution in [-0.2, 0) is 21.2 Å². The van der Waals surface area contributed by atoms with Crippen LogP contribution in [0.2, 0.25) is 5.02 Å². The fourth-order valence-corrected chi connectivity index (χ4v) is 4.41. The van der Waals surface area contributed by atoms with Crippen LogP contribution in [0.3, 0.4) is 0 Å². The molecule has 168 valence electrons. The molecule has 0 radical (unpaired) electrons. The minimum Gasteiger partial charge on any atom is -0.497 e. The fourth-order valence-electron chi connectivity index (χ4n) is 3.05. The molecule has 1 unspecified atom stereocenters. The van der Waals surface area contributed by atoms with Gasteiger partial charge >= 0.3 is 0 Å². The average Bonchev–Trinajstić information content (AvgIpc) is 2.79. The van der Waals surface area contributed by atoms with Gasteiger partial charge in [0.1, 0.15) is 17.5 Å². The van der Waals surface area contributed by atoms with Crippen LogP contribution in [0.1, 0.15) is 5.56 Å². The van der Waals surface area contributed by atoms with Gasteiger partial charge in [-0.3, -0.25) is 4.79 Å². The number of sulfonamides is 1. The molecule has 0 saturated heterocycles. The molecular weight excluding hydrogens is 452 g/mol. The Labute approximate surface area is 192 Å². The number of benzene rings is 3. The zero-order valence-corrected chi connectivity index (χ0v) is 19.1. The molecule has 0 aromatic heterocycles. The maximum Gasteiger partial charge on any atom is 0.243 e. The third kappa shape index (κ3) is 6.00. The Morgan fingerprint density at radius 1 is 0.969 bits per heavy atom. The van der Waals surface area contributed by atoms with E-state index in [1.165, 1.54) is 44.6 Å². The summed E-state index contributed by atoms with van der Waals surface area (Å²) in [6, 6.07) is 18.7. The van der Waals surface area contributed by atoms with Crippen molar-refractivity contribution in [1.82, 2.24) is 4.72 Å². The highest BCUT2D eigenvalue weighted by atomic mass is 35.5. The van der Waals surface area contributed by atoms with Gasteiger partial charge in [-0.2, -0.15) is 4.72 Å². The van der Waals surface area contributed by atoms with Crippen molar-refractivity contribution in [2.45, 2.75) is 17.4 Å². The van der Waals surface area contributed by atoms with Crippen LogP contribution < -0.4 is 19.5 Å². The normalized spacial score (nSPS) is 12.1. The van der Waals surface area contributed by atoms with Gasteiger partial charge in [-0.15, -0.1) is 0 Å². The summed E-state index contributed by atoms with van der Waals surface area (Å²) < 4.78 is 38.8. The Balaban J connectivity index is 1.89. The highest BCUT2D eigenvalue weighted by molar-refractivity contribution is 7.89. The van der Waals surface area contributed by atoms with Crippen molar-refractivity contribution >= 4 is 33.2 Å². The lowest BCUT2D eigenvalue weighted by atomic mass is 10.1. The molecule has 3 aromatic carbocycles. The number of methoxy groups -OCH3 is 2. The highest BCUT2D eigenvalue weighted by Gasteiger charge is 2.27. The van der Waals surface area contributed by atoms with Crippen LogP contribution >= 0.6 is 11.6 Å². The van der Waals surface area contributed by atoms with Crippen LogP contribution in [0.15, 0.2) is 77.7 Å². The first-order valence-corrected chi connectivity index (χ1v) is 11.5. The zero-order chi connectivity index (χ0) is 23.1. The monoisotopic (exact) mass is 474 g/mol. The van der Waals surface area contributed by atoms with Crippen LogP contribution in [0.5, 0.6) is 11.5 Å². The minimum atomic E-state index is -3.99. The van der Waals surface area contributed by atoms with Gasteiger partial charge in [0.2, 0.25) is 15.9 Å². The third-order valence-electron chi connectivity index (χ3n) is 4.69. The van der Waals surface area contributed by atoms with Crippen molar-refractivity contribution in [2.75, 3.05) is 19.5 Å². The van der Waals surface area contributed by atoms with Gasteiger partial charge in [0.15, 0.2) is 0 Å². The molecule has 0 aliphatic heterocycles. The van der Waals surface area contributed by atoms with E-state index in [0.717, 1.165) is 5.56 Å². The first kappa shape index (κ1) is 23.6. The molecular formula is C23H23ClN2O5S. The summed E-state index contributed by atoms with van der Waals surface area (Å²) in [6.07, 6.45) is 0.144. The summed E-state index contributed by atoms with van der Waals surface area (Å²) in [6.45, 7) is 0. The van der Waals surface area contributed by atoms with Crippen LogP contribution in [0.4, 0.5) is 5.69 Å². The Hall–Kier alpha value is -3.07. The Kier molecular flexibility index (Phi) is 7.74. The van der Waals surface area contributed by atoms with Crippen LogP contribution in [0, 0.1) is 0 Å². The number of carbonyl (C=O) groups is 1. The first-order valence-electron chi connectivity index (χ1n) is 9.67. The number of anilines is 1. The van der Waals surface area contributed by atoms with E-state index >= 15 is 0 Å². The molecule has 0 spiro atoms. The van der Waals surface area contributed by atoms with Gasteiger partial charge in [-0.05, 0) is 54.4 Å². The van der Waals surface area contributed by atoms with Gasteiger partial charge in [-0.1, -0.05) is 41.9 Å². The van der Waals surface area contributed by atoms with E-state index in [9.17, 15) is 13.2 Å². The molecule has 3 aromatic rings. The number of ether oxygens (including phenoxy) is 2. The molecule has 7 nitrogen and oxygen atoms in total. The van der Waals surface area contributed by atoms with Gasteiger partial charge in [0, 0.05) is 5.02 Å². The van der Waals surface area contributed by atoms with Crippen molar-refractivity contribution in [3.63, 3.8) is 0 Å². The number of nitrogens with one attached hydrogen (secondary N) is 2. The second-order valence-electron chi connectivity index (χ2n) is 6.87. The Morgan fingerprint density at radius 3 is 2.28 bits per heavy atom. The molecule has 0 aliphatic carbocycles. The zero-order valence-electron chi connectivity index (χ0n) is 17.5. The van der Waals surface area contributed by atoms with Crippen LogP contribution in [0.25, 0.3) is 0 Å². The van der Waals surface area contributed by atoms with E-state index in [2.05, 4.69) is 10.0 Å². The topological polar surface area (TPSA) is 93.7 Å². The molecule has 0 aliphatic rings. The van der Waals surface area contributed by atoms with Gasteiger partial charge in [0.05, 0.1) is 24.8 Å². The van der Waals surface area contributed by atoms with Crippen LogP contribution in [-0.4, -0.2) is 34.6 Å². The molecule has 2 N–H and O–H groups in total. The highest BCUT2D eigenvalue weighted by Crippen LogP contribution is 2.28. The number of rotatable bonds is 9. The molecule has 1 atom stereocenters. The van der Waals surface area contributed by atoms with Crippen molar-refractivity contribution in [3.8, 4) is 11.5 Å². The van der Waals surface area contributed by atoms with E-state index < -0.39 is 22.0 Å². The molecule has 32 heavy (non-hydrogen) atoms. The summed E-state index contributed by atoms with van der Waals surface area (Å²) in [5.74, 6) is 0.376. The summed E-state index contributed by atoms with van der Waals surface area (Å²) in [5.41, 5.74) is 1.13. The minimum absolute atomic E-state index is 0.0181. The van der Waals surface area contributed by atoms with E-state index in [4.69, 9.17) is 21.1 Å². The molecule has 0 bridgehead atoms. The van der Waals surface area contributed by atoms with Gasteiger partial charge in [-0.25, -0.2) is 8.42 Å². The number of carbonyl (C=O) groups excluding carboxylic acids is 1. The standard InChI is InChI=1S/C23H23ClN2O5S/c1-30-18-9-11-19(12-10-18)32(28,29)26-21(14-16-6-4-3-5-7-16)23(27)25-20-15-17(24)8-13-22(20)31-2/h3-13,15,21,26H,14H2,1-2H3,(H,25,27). The molecule has 1 amide bonds. The fraction of sp³-hybridized carbons (Fsp3) is 0.174. The lowest BCUT2D eigenvalue weighted by Crippen LogP contribution is -2.45. The lowest BCUT2D eigenvalue weighted by Gasteiger charge is -2.20. The summed E-state index contributed by atoms with van der Waals surface area (Å²) in [4.78, 5) is 13.2. The number of halogens is 1. The van der Waals surface area contributed by atoms with Crippen molar-refractivity contribution in [3.05, 3.63) is 83.4 Å². The molecule has 3 rings (SSSR count). The maximum absolute atomic E-state index is 13.1. The number of amides is 1. The third-order valence-corrected chi connectivity index (χ3v) is 6.41. The first-order chi connectivity index (χ1) is 15.3. The van der Waals surface area contributed by atoms with Gasteiger partial charge in [0.25, 0.3) is 0 Å². The van der Waals surface area contributed by atoms with E-state index in [-0.39, 0.29) is 11.3 Å². The number of hydrogen-bond donors (Lipinski definition) is 2. The summed E-state index contributed by atoms with van der Waals surface area (Å²) in [5, 5.41) is 3.12. The lowest BCUT2D eigenvalue weighted by molar-refractivity contribution is -0.117. The number of hydrogen-bond acceptors (Lipinski definition) is 5. The summed E-state index contributed by atoms with van der Waals surface area (Å²) >= 11 is 6.05. The quantitative estimate of drug-likeness (QED) is 0.490. The average molecular weight is 475 g/mol. The Morgan fingerprint density at radius 2 is 1.66 bits per heavy atom. The predicted molar refractivity (Wildman–Crippen MR) is 124 cm³/mol. The molecule has 0 saturated carbocycles. The molecule has 9 heteroatoms. The van der Waals surface area contributed by atoms with E-state index in [1.807, 2.05) is 30.3 Å². The van der Waals surface area contributed by atoms with Crippen molar-refractivity contribution in [1.29, 1.82) is 0 Å². The predicted octanol–water partition coefficient (Wildman–Crippen LogP) is 3.89. The van der Waals surface area contributed by atoms with Crippen molar-refractivity contribution < 1.29 is 22.7 Å². The molecule has 0 fully saturated rings. The maximum atomic E-state index is 13.1.